The van der Waals surface area contributed by atoms with Gasteiger partial charge in [0.2, 0.25) is 0 Å². The largest absolute Gasteiger partial charge is 0.468 e. The summed E-state index contributed by atoms with van der Waals surface area (Å²) in [6.45, 7) is 2.27. The first kappa shape index (κ1) is 10.3. The average molecular weight is 208 g/mol. The number of esters is 1. The number of hydrogen-bond donors (Lipinski definition) is 0. The van der Waals surface area contributed by atoms with Gasteiger partial charge in [0.15, 0.2) is 0 Å². The second kappa shape index (κ2) is 4.51. The molecule has 0 spiro atoms. The first-order chi connectivity index (χ1) is 7.33. The van der Waals surface area contributed by atoms with Gasteiger partial charge in [-0.05, 0) is 37.8 Å². The standard InChI is InChI=1S/C12H16O3/c1-2-14-12(13)10-6-4-3-5-9-7-8-15-11(9)10/h7-8,10H,2-6H2,1H3. The highest BCUT2D eigenvalue weighted by atomic mass is 16.5. The SMILES string of the molecule is CCOC(=O)C1CCCCc2ccoc21. The molecule has 0 fully saturated rings. The second-order valence-corrected chi connectivity index (χ2v) is 3.86. The molecule has 1 unspecified atom stereocenters. The molecule has 1 aromatic heterocycles. The zero-order valence-electron chi connectivity index (χ0n) is 8.99. The fraction of sp³-hybridized carbons (Fsp3) is 0.583. The molecule has 1 heterocycles. The van der Waals surface area contributed by atoms with Gasteiger partial charge < -0.3 is 9.15 Å². The molecule has 1 atom stereocenters. The molecule has 2 rings (SSSR count). The van der Waals surface area contributed by atoms with Gasteiger partial charge in [-0.25, -0.2) is 0 Å². The molecule has 0 saturated heterocycles. The van der Waals surface area contributed by atoms with Crippen LogP contribution in [-0.4, -0.2) is 12.6 Å². The molecular formula is C12H16O3. The molecule has 15 heavy (non-hydrogen) atoms. The van der Waals surface area contributed by atoms with Crippen molar-refractivity contribution in [2.24, 2.45) is 0 Å². The van der Waals surface area contributed by atoms with Crippen LogP contribution in [0.5, 0.6) is 0 Å². The molecule has 0 radical (unpaired) electrons. The first-order valence-electron chi connectivity index (χ1n) is 5.56. The zero-order valence-corrected chi connectivity index (χ0v) is 8.99. The molecule has 1 aliphatic carbocycles. The van der Waals surface area contributed by atoms with Crippen LogP contribution in [-0.2, 0) is 16.0 Å². The minimum absolute atomic E-state index is 0.143. The lowest BCUT2D eigenvalue weighted by Crippen LogP contribution is -2.15. The van der Waals surface area contributed by atoms with Crippen molar-refractivity contribution in [1.82, 2.24) is 0 Å². The lowest BCUT2D eigenvalue weighted by atomic mass is 10.0. The number of aryl methyl sites for hydroxylation is 1. The molecule has 0 N–H and O–H groups in total. The van der Waals surface area contributed by atoms with E-state index in [-0.39, 0.29) is 11.9 Å². The monoisotopic (exact) mass is 208 g/mol. The molecule has 0 saturated carbocycles. The summed E-state index contributed by atoms with van der Waals surface area (Å²) in [6.07, 6.45) is 5.72. The molecule has 1 aliphatic rings. The van der Waals surface area contributed by atoms with Crippen molar-refractivity contribution in [3.05, 3.63) is 23.7 Å². The Morgan fingerprint density at radius 1 is 1.60 bits per heavy atom. The van der Waals surface area contributed by atoms with Gasteiger partial charge in [0.1, 0.15) is 11.7 Å². The number of hydrogen-bond acceptors (Lipinski definition) is 3. The Labute approximate surface area is 89.4 Å². The van der Waals surface area contributed by atoms with E-state index in [1.54, 1.807) is 6.26 Å². The van der Waals surface area contributed by atoms with Crippen molar-refractivity contribution in [1.29, 1.82) is 0 Å². The predicted octanol–water partition coefficient (Wildman–Crippen LogP) is 2.65. The molecule has 0 bridgehead atoms. The number of rotatable bonds is 2. The molecule has 0 aliphatic heterocycles. The van der Waals surface area contributed by atoms with E-state index in [0.29, 0.717) is 6.61 Å². The number of carbonyl (C=O) groups is 1. The Hall–Kier alpha value is -1.25. The van der Waals surface area contributed by atoms with Gasteiger partial charge in [-0.15, -0.1) is 0 Å². The van der Waals surface area contributed by atoms with Crippen molar-refractivity contribution in [2.75, 3.05) is 6.61 Å². The Bertz CT molecular complexity index is 340. The fourth-order valence-corrected chi connectivity index (χ4v) is 2.12. The molecule has 1 aromatic rings. The lowest BCUT2D eigenvalue weighted by molar-refractivity contribution is -0.145. The number of furan rings is 1. The summed E-state index contributed by atoms with van der Waals surface area (Å²) in [5.41, 5.74) is 1.17. The van der Waals surface area contributed by atoms with Crippen LogP contribution >= 0.6 is 0 Å². The van der Waals surface area contributed by atoms with Crippen molar-refractivity contribution in [2.45, 2.75) is 38.5 Å². The van der Waals surface area contributed by atoms with Crippen LogP contribution in [0, 0.1) is 0 Å². The quantitative estimate of drug-likeness (QED) is 0.554. The Kier molecular flexibility index (Phi) is 3.09. The predicted molar refractivity (Wildman–Crippen MR) is 55.6 cm³/mol. The normalized spacial score (nSPS) is 20.5. The van der Waals surface area contributed by atoms with Gasteiger partial charge in [-0.2, -0.15) is 0 Å². The van der Waals surface area contributed by atoms with E-state index < -0.39 is 0 Å². The molecular weight excluding hydrogens is 192 g/mol. The summed E-state index contributed by atoms with van der Waals surface area (Å²) < 4.78 is 10.5. The van der Waals surface area contributed by atoms with Crippen LogP contribution in [0.2, 0.25) is 0 Å². The van der Waals surface area contributed by atoms with Crippen molar-refractivity contribution < 1.29 is 13.9 Å². The summed E-state index contributed by atoms with van der Waals surface area (Å²) in [5, 5.41) is 0. The minimum atomic E-state index is -0.183. The van der Waals surface area contributed by atoms with E-state index in [0.717, 1.165) is 31.4 Å². The van der Waals surface area contributed by atoms with Crippen molar-refractivity contribution >= 4 is 5.97 Å². The molecule has 0 amide bonds. The summed E-state index contributed by atoms with van der Waals surface area (Å²) in [4.78, 5) is 11.7. The van der Waals surface area contributed by atoms with Crippen LogP contribution in [0.15, 0.2) is 16.7 Å². The maximum Gasteiger partial charge on any atom is 0.316 e. The highest BCUT2D eigenvalue weighted by molar-refractivity contribution is 5.77. The van der Waals surface area contributed by atoms with Crippen LogP contribution in [0.4, 0.5) is 0 Å². The van der Waals surface area contributed by atoms with Gasteiger partial charge in [-0.3, -0.25) is 4.79 Å². The van der Waals surface area contributed by atoms with Crippen LogP contribution in [0.3, 0.4) is 0 Å². The van der Waals surface area contributed by atoms with E-state index in [4.69, 9.17) is 9.15 Å². The Morgan fingerprint density at radius 3 is 3.27 bits per heavy atom. The summed E-state index contributed by atoms with van der Waals surface area (Å²) in [7, 11) is 0. The smallest absolute Gasteiger partial charge is 0.316 e. The third-order valence-electron chi connectivity index (χ3n) is 2.86. The highest BCUT2D eigenvalue weighted by Crippen LogP contribution is 2.32. The van der Waals surface area contributed by atoms with E-state index in [2.05, 4.69) is 0 Å². The molecule has 82 valence electrons. The summed E-state index contributed by atoms with van der Waals surface area (Å²) in [6, 6.07) is 1.97. The van der Waals surface area contributed by atoms with Gasteiger partial charge in [0.25, 0.3) is 0 Å². The third kappa shape index (κ3) is 2.06. The second-order valence-electron chi connectivity index (χ2n) is 3.86. The lowest BCUT2D eigenvalue weighted by Gasteiger charge is -2.11. The van der Waals surface area contributed by atoms with Crippen LogP contribution in [0.1, 0.15) is 43.4 Å². The van der Waals surface area contributed by atoms with Crippen LogP contribution in [0.25, 0.3) is 0 Å². The maximum absolute atomic E-state index is 11.7. The van der Waals surface area contributed by atoms with Crippen molar-refractivity contribution in [3.63, 3.8) is 0 Å². The van der Waals surface area contributed by atoms with E-state index in [1.807, 2.05) is 13.0 Å². The van der Waals surface area contributed by atoms with E-state index in [9.17, 15) is 4.79 Å². The highest BCUT2D eigenvalue weighted by Gasteiger charge is 2.28. The molecule has 3 heteroatoms. The number of carbonyl (C=O) groups excluding carboxylic acids is 1. The average Bonchev–Trinajstić information content (AvgIpc) is 2.58. The summed E-state index contributed by atoms with van der Waals surface area (Å²) in [5.74, 6) is 0.499. The van der Waals surface area contributed by atoms with E-state index >= 15 is 0 Å². The molecule has 3 nitrogen and oxygen atoms in total. The van der Waals surface area contributed by atoms with Gasteiger partial charge in [0.05, 0.1) is 12.9 Å². The Morgan fingerprint density at radius 2 is 2.47 bits per heavy atom. The maximum atomic E-state index is 11.7. The number of ether oxygens (including phenoxy) is 1. The van der Waals surface area contributed by atoms with Crippen LogP contribution < -0.4 is 0 Å². The number of fused-ring (bicyclic) bond motifs is 1. The van der Waals surface area contributed by atoms with Gasteiger partial charge >= 0.3 is 5.97 Å². The third-order valence-corrected chi connectivity index (χ3v) is 2.86. The fourth-order valence-electron chi connectivity index (χ4n) is 2.12. The van der Waals surface area contributed by atoms with Crippen molar-refractivity contribution in [3.8, 4) is 0 Å². The first-order valence-corrected chi connectivity index (χ1v) is 5.56. The zero-order chi connectivity index (χ0) is 10.7. The minimum Gasteiger partial charge on any atom is -0.468 e. The Balaban J connectivity index is 2.22. The van der Waals surface area contributed by atoms with Gasteiger partial charge in [0, 0.05) is 0 Å². The molecule has 0 aromatic carbocycles. The van der Waals surface area contributed by atoms with Gasteiger partial charge in [-0.1, -0.05) is 6.42 Å². The topological polar surface area (TPSA) is 39.4 Å². The summed E-state index contributed by atoms with van der Waals surface area (Å²) >= 11 is 0. The van der Waals surface area contributed by atoms with E-state index in [1.165, 1.54) is 5.56 Å².